The number of nitrogens with one attached hydrogen (secondary N) is 1. The van der Waals surface area contributed by atoms with Gasteiger partial charge in [0, 0.05) is 25.2 Å². The van der Waals surface area contributed by atoms with E-state index in [2.05, 4.69) is 5.32 Å². The molecule has 0 spiro atoms. The van der Waals surface area contributed by atoms with Crippen molar-refractivity contribution in [3.8, 4) is 11.5 Å². The SMILES string of the molecule is COc1ccc(CNC(=O)c2ccc(OC)c(S(=O)(=O)N3CCCCC3)c2)cc1. The van der Waals surface area contributed by atoms with Crippen molar-refractivity contribution in [2.75, 3.05) is 27.3 Å². The number of hydrogen-bond acceptors (Lipinski definition) is 5. The zero-order chi connectivity index (χ0) is 20.9. The molecule has 1 heterocycles. The predicted octanol–water partition coefficient (Wildman–Crippen LogP) is 2.81. The minimum absolute atomic E-state index is 0.0268. The van der Waals surface area contributed by atoms with Crippen molar-refractivity contribution in [1.82, 2.24) is 9.62 Å². The summed E-state index contributed by atoms with van der Waals surface area (Å²) < 4.78 is 38.0. The molecular weight excluding hydrogens is 392 g/mol. The van der Waals surface area contributed by atoms with Gasteiger partial charge < -0.3 is 14.8 Å². The molecule has 3 rings (SSSR count). The average Bonchev–Trinajstić information content (AvgIpc) is 2.77. The topological polar surface area (TPSA) is 84.9 Å². The summed E-state index contributed by atoms with van der Waals surface area (Å²) in [5.74, 6) is 0.628. The van der Waals surface area contributed by atoms with Crippen molar-refractivity contribution in [3.05, 3.63) is 53.6 Å². The Morgan fingerprint density at radius 2 is 1.69 bits per heavy atom. The Bertz CT molecular complexity index is 952. The molecule has 8 heteroatoms. The lowest BCUT2D eigenvalue weighted by Gasteiger charge is -2.26. The second kappa shape index (κ2) is 9.28. The fourth-order valence-corrected chi connectivity index (χ4v) is 4.99. The van der Waals surface area contributed by atoms with Crippen LogP contribution in [0.1, 0.15) is 35.2 Å². The maximum atomic E-state index is 13.1. The van der Waals surface area contributed by atoms with Gasteiger partial charge in [0.05, 0.1) is 14.2 Å². The van der Waals surface area contributed by atoms with Crippen LogP contribution in [0.5, 0.6) is 11.5 Å². The number of nitrogens with zero attached hydrogens (tertiary/aromatic N) is 1. The largest absolute Gasteiger partial charge is 0.497 e. The molecule has 2 aromatic carbocycles. The number of benzene rings is 2. The molecule has 0 unspecified atom stereocenters. The molecule has 0 atom stereocenters. The minimum atomic E-state index is -3.72. The zero-order valence-electron chi connectivity index (χ0n) is 16.7. The molecule has 1 fully saturated rings. The molecule has 1 amide bonds. The van der Waals surface area contributed by atoms with Crippen LogP contribution in [-0.2, 0) is 16.6 Å². The second-order valence-corrected chi connectivity index (χ2v) is 8.77. The third kappa shape index (κ3) is 4.89. The van der Waals surface area contributed by atoms with Crippen LogP contribution in [0, 0.1) is 0 Å². The van der Waals surface area contributed by atoms with Crippen molar-refractivity contribution < 1.29 is 22.7 Å². The van der Waals surface area contributed by atoms with Gasteiger partial charge in [0.2, 0.25) is 10.0 Å². The van der Waals surface area contributed by atoms with Crippen LogP contribution in [0.25, 0.3) is 0 Å². The molecule has 7 nitrogen and oxygen atoms in total. The van der Waals surface area contributed by atoms with Crippen molar-refractivity contribution in [2.45, 2.75) is 30.7 Å². The van der Waals surface area contributed by atoms with E-state index in [1.165, 1.54) is 23.5 Å². The van der Waals surface area contributed by atoms with Gasteiger partial charge in [0.15, 0.2) is 0 Å². The second-order valence-electron chi connectivity index (χ2n) is 6.86. The molecule has 0 saturated carbocycles. The average molecular weight is 419 g/mol. The normalized spacial score (nSPS) is 15.0. The highest BCUT2D eigenvalue weighted by Crippen LogP contribution is 2.29. The third-order valence-corrected chi connectivity index (χ3v) is 6.89. The Morgan fingerprint density at radius 1 is 1.00 bits per heavy atom. The molecule has 1 N–H and O–H groups in total. The van der Waals surface area contributed by atoms with Gasteiger partial charge in [-0.3, -0.25) is 4.79 Å². The summed E-state index contributed by atoms with van der Waals surface area (Å²) in [5, 5.41) is 2.82. The molecule has 1 aliphatic heterocycles. The van der Waals surface area contributed by atoms with Gasteiger partial charge in [-0.1, -0.05) is 18.6 Å². The maximum Gasteiger partial charge on any atom is 0.251 e. The number of ether oxygens (including phenoxy) is 2. The van der Waals surface area contributed by atoms with E-state index in [9.17, 15) is 13.2 Å². The van der Waals surface area contributed by atoms with Crippen LogP contribution in [0.4, 0.5) is 0 Å². The molecule has 1 aliphatic rings. The van der Waals surface area contributed by atoms with Gasteiger partial charge in [0.1, 0.15) is 16.4 Å². The van der Waals surface area contributed by atoms with Gasteiger partial charge in [-0.15, -0.1) is 0 Å². The number of carbonyl (C=O) groups excluding carboxylic acids is 1. The van der Waals surface area contributed by atoms with Crippen LogP contribution in [-0.4, -0.2) is 45.9 Å². The summed E-state index contributed by atoms with van der Waals surface area (Å²) in [6, 6.07) is 11.8. The number of piperidine rings is 1. The lowest BCUT2D eigenvalue weighted by molar-refractivity contribution is 0.0950. The van der Waals surface area contributed by atoms with Gasteiger partial charge >= 0.3 is 0 Å². The molecule has 0 aromatic heterocycles. The van der Waals surface area contributed by atoms with E-state index in [1.807, 2.05) is 24.3 Å². The zero-order valence-corrected chi connectivity index (χ0v) is 17.5. The lowest BCUT2D eigenvalue weighted by atomic mass is 10.2. The Hall–Kier alpha value is -2.58. The first-order valence-electron chi connectivity index (χ1n) is 9.55. The summed E-state index contributed by atoms with van der Waals surface area (Å²) in [4.78, 5) is 12.6. The quantitative estimate of drug-likeness (QED) is 0.747. The Kier molecular flexibility index (Phi) is 6.76. The maximum absolute atomic E-state index is 13.1. The van der Waals surface area contributed by atoms with Gasteiger partial charge in [-0.05, 0) is 48.7 Å². The summed E-state index contributed by atoms with van der Waals surface area (Å²) in [6.45, 7) is 1.29. The van der Waals surface area contributed by atoms with E-state index in [-0.39, 0.29) is 22.1 Å². The fourth-order valence-electron chi connectivity index (χ4n) is 3.29. The predicted molar refractivity (Wildman–Crippen MR) is 110 cm³/mol. The van der Waals surface area contributed by atoms with Crippen molar-refractivity contribution >= 4 is 15.9 Å². The standard InChI is InChI=1S/C21H26N2O5S/c1-27-18-9-6-16(7-10-18)15-22-21(24)17-8-11-19(28-2)20(14-17)29(25,26)23-12-4-3-5-13-23/h6-11,14H,3-5,12-13,15H2,1-2H3,(H,22,24). The highest BCUT2D eigenvalue weighted by Gasteiger charge is 2.29. The Morgan fingerprint density at radius 3 is 2.31 bits per heavy atom. The summed E-state index contributed by atoms with van der Waals surface area (Å²) in [7, 11) is -0.703. The number of amides is 1. The molecule has 156 valence electrons. The van der Waals surface area contributed by atoms with E-state index in [1.54, 1.807) is 13.2 Å². The summed E-state index contributed by atoms with van der Waals surface area (Å²) in [6.07, 6.45) is 2.70. The third-order valence-electron chi connectivity index (χ3n) is 4.97. The monoisotopic (exact) mass is 418 g/mol. The van der Waals surface area contributed by atoms with E-state index >= 15 is 0 Å². The van der Waals surface area contributed by atoms with Gasteiger partial charge in [0.25, 0.3) is 5.91 Å². The van der Waals surface area contributed by atoms with Gasteiger partial charge in [-0.25, -0.2) is 8.42 Å². The minimum Gasteiger partial charge on any atom is -0.497 e. The summed E-state index contributed by atoms with van der Waals surface area (Å²) in [5.41, 5.74) is 1.18. The number of carbonyl (C=O) groups is 1. The fraction of sp³-hybridized carbons (Fsp3) is 0.381. The number of hydrogen-bond donors (Lipinski definition) is 1. The molecule has 1 saturated heterocycles. The van der Waals surface area contributed by atoms with Crippen molar-refractivity contribution in [1.29, 1.82) is 0 Å². The van der Waals surface area contributed by atoms with Crippen LogP contribution in [0.3, 0.4) is 0 Å². The Balaban J connectivity index is 1.78. The highest BCUT2D eigenvalue weighted by molar-refractivity contribution is 7.89. The van der Waals surface area contributed by atoms with E-state index < -0.39 is 10.0 Å². The number of methoxy groups -OCH3 is 2. The molecule has 0 radical (unpaired) electrons. The van der Waals surface area contributed by atoms with Crippen LogP contribution in [0.15, 0.2) is 47.4 Å². The molecule has 29 heavy (non-hydrogen) atoms. The molecule has 0 bridgehead atoms. The van der Waals surface area contributed by atoms with Crippen molar-refractivity contribution in [2.24, 2.45) is 0 Å². The Labute approximate surface area is 171 Å². The first-order chi connectivity index (χ1) is 14.0. The smallest absolute Gasteiger partial charge is 0.251 e. The molecular formula is C21H26N2O5S. The molecule has 2 aromatic rings. The first-order valence-corrected chi connectivity index (χ1v) is 11.0. The summed E-state index contributed by atoms with van der Waals surface area (Å²) >= 11 is 0. The number of rotatable bonds is 7. The molecule has 0 aliphatic carbocycles. The van der Waals surface area contributed by atoms with Crippen LogP contribution < -0.4 is 14.8 Å². The van der Waals surface area contributed by atoms with E-state index in [0.717, 1.165) is 30.6 Å². The van der Waals surface area contributed by atoms with Gasteiger partial charge in [-0.2, -0.15) is 4.31 Å². The first kappa shape index (κ1) is 21.1. The lowest BCUT2D eigenvalue weighted by Crippen LogP contribution is -2.36. The van der Waals surface area contributed by atoms with E-state index in [4.69, 9.17) is 9.47 Å². The highest BCUT2D eigenvalue weighted by atomic mass is 32.2. The van der Waals surface area contributed by atoms with Crippen LogP contribution in [0.2, 0.25) is 0 Å². The van der Waals surface area contributed by atoms with Crippen LogP contribution >= 0.6 is 0 Å². The number of sulfonamides is 1. The van der Waals surface area contributed by atoms with Crippen molar-refractivity contribution in [3.63, 3.8) is 0 Å². The van der Waals surface area contributed by atoms with E-state index in [0.29, 0.717) is 19.6 Å².